The number of rotatable bonds is 2. The van der Waals surface area contributed by atoms with Crippen molar-refractivity contribution >= 4 is 18.3 Å². The third-order valence-electron chi connectivity index (χ3n) is 1.67. The fourth-order valence-electron chi connectivity index (χ4n) is 1.05. The lowest BCUT2D eigenvalue weighted by Gasteiger charge is -2.07. The molecule has 0 atom stereocenters. The monoisotopic (exact) mass is 297 g/mol. The number of nitrogens with zero attached hydrogens (tertiary/aromatic N) is 2. The van der Waals surface area contributed by atoms with Gasteiger partial charge in [0.15, 0.2) is 5.69 Å². The predicted octanol–water partition coefficient (Wildman–Crippen LogP) is 1.83. The Kier molecular flexibility index (Phi) is 4.64. The summed E-state index contributed by atoms with van der Waals surface area (Å²) in [6, 6.07) is -0.178. The highest BCUT2D eigenvalue weighted by atomic mass is 35.5. The fourth-order valence-corrected chi connectivity index (χ4v) is 1.05. The molecule has 0 aliphatic heterocycles. The van der Waals surface area contributed by atoms with Crippen LogP contribution in [0.1, 0.15) is 11.4 Å². The van der Waals surface area contributed by atoms with Gasteiger partial charge in [-0.1, -0.05) is 0 Å². The molecular formula is C7H6ClF6N3O. The van der Waals surface area contributed by atoms with Gasteiger partial charge in [0.25, 0.3) is 0 Å². The van der Waals surface area contributed by atoms with Gasteiger partial charge in [0.1, 0.15) is 12.2 Å². The molecule has 0 aliphatic rings. The summed E-state index contributed by atoms with van der Waals surface area (Å²) in [5.74, 6) is -1.23. The van der Waals surface area contributed by atoms with E-state index in [4.69, 9.17) is 0 Å². The number of hydrogen-bond donors (Lipinski definition) is 1. The molecule has 0 radical (unpaired) electrons. The van der Waals surface area contributed by atoms with Crippen molar-refractivity contribution in [1.29, 1.82) is 0 Å². The Morgan fingerprint density at radius 2 is 1.72 bits per heavy atom. The van der Waals surface area contributed by atoms with E-state index in [2.05, 4.69) is 10.8 Å². The van der Waals surface area contributed by atoms with Crippen molar-refractivity contribution in [1.82, 2.24) is 9.78 Å². The first-order chi connectivity index (χ1) is 7.51. The Hall–Kier alpha value is -1.45. The number of carbonyl (C=O) groups is 1. The zero-order valence-electron chi connectivity index (χ0n) is 8.34. The van der Waals surface area contributed by atoms with E-state index in [-0.39, 0.29) is 23.2 Å². The van der Waals surface area contributed by atoms with Crippen LogP contribution in [0, 0.1) is 0 Å². The topological polar surface area (TPSA) is 60.9 Å². The van der Waals surface area contributed by atoms with Gasteiger partial charge in [-0.05, 0) is 0 Å². The highest BCUT2D eigenvalue weighted by molar-refractivity contribution is 5.85. The second kappa shape index (κ2) is 5.04. The van der Waals surface area contributed by atoms with Crippen LogP contribution < -0.4 is 5.73 Å². The molecule has 4 nitrogen and oxygen atoms in total. The number of nitrogens with two attached hydrogens (primary N) is 1. The Balaban J connectivity index is 0.00000289. The van der Waals surface area contributed by atoms with Gasteiger partial charge in [0, 0.05) is 6.07 Å². The van der Waals surface area contributed by atoms with Gasteiger partial charge in [0.2, 0.25) is 5.91 Å². The molecule has 0 aromatic carbocycles. The second-order valence-corrected chi connectivity index (χ2v) is 3.03. The molecule has 0 saturated carbocycles. The smallest absolute Gasteiger partial charge is 0.368 e. The Labute approximate surface area is 102 Å². The van der Waals surface area contributed by atoms with E-state index in [1.165, 1.54) is 0 Å². The van der Waals surface area contributed by atoms with Crippen molar-refractivity contribution in [2.75, 3.05) is 0 Å². The highest BCUT2D eigenvalue weighted by Crippen LogP contribution is 2.34. The molecule has 0 saturated heterocycles. The Morgan fingerprint density at radius 3 is 2.06 bits per heavy atom. The Bertz CT molecular complexity index is 437. The third kappa shape index (κ3) is 3.79. The minimum atomic E-state index is -5.05. The molecule has 11 heteroatoms. The summed E-state index contributed by atoms with van der Waals surface area (Å²) in [4.78, 5) is 10.4. The summed E-state index contributed by atoms with van der Waals surface area (Å²) in [7, 11) is 0. The van der Waals surface area contributed by atoms with Crippen LogP contribution in [0.15, 0.2) is 6.07 Å². The minimum absolute atomic E-state index is 0. The molecule has 0 spiro atoms. The SMILES string of the molecule is Cl.NC(=O)Cn1nc(C(F)(F)F)cc1C(F)(F)F. The average Bonchev–Trinajstić information content (AvgIpc) is 2.44. The average molecular weight is 298 g/mol. The zero-order chi connectivity index (χ0) is 13.4. The Morgan fingerprint density at radius 1 is 1.22 bits per heavy atom. The van der Waals surface area contributed by atoms with Gasteiger partial charge >= 0.3 is 12.4 Å². The lowest BCUT2D eigenvalue weighted by Crippen LogP contribution is -2.24. The maximum atomic E-state index is 12.3. The number of hydrogen-bond acceptors (Lipinski definition) is 2. The van der Waals surface area contributed by atoms with Gasteiger partial charge in [-0.15, -0.1) is 12.4 Å². The van der Waals surface area contributed by atoms with Crippen molar-refractivity contribution in [3.05, 3.63) is 17.5 Å². The first-order valence-electron chi connectivity index (χ1n) is 4.02. The molecule has 18 heavy (non-hydrogen) atoms. The summed E-state index contributed by atoms with van der Waals surface area (Å²) in [6.45, 7) is -1.08. The van der Waals surface area contributed by atoms with Crippen molar-refractivity contribution in [3.63, 3.8) is 0 Å². The lowest BCUT2D eigenvalue weighted by molar-refractivity contribution is -0.144. The quantitative estimate of drug-likeness (QED) is 0.847. The summed E-state index contributed by atoms with van der Waals surface area (Å²) >= 11 is 0. The molecule has 1 amide bonds. The highest BCUT2D eigenvalue weighted by Gasteiger charge is 2.41. The second-order valence-electron chi connectivity index (χ2n) is 3.03. The van der Waals surface area contributed by atoms with Crippen molar-refractivity contribution in [2.24, 2.45) is 5.73 Å². The van der Waals surface area contributed by atoms with Crippen LogP contribution in [0.25, 0.3) is 0 Å². The molecule has 0 fully saturated rings. The molecule has 0 unspecified atom stereocenters. The maximum Gasteiger partial charge on any atom is 0.435 e. The fraction of sp³-hybridized carbons (Fsp3) is 0.429. The van der Waals surface area contributed by atoms with Gasteiger partial charge in [-0.2, -0.15) is 31.4 Å². The molecule has 2 N–H and O–H groups in total. The van der Waals surface area contributed by atoms with Crippen LogP contribution in [0.2, 0.25) is 0 Å². The molecule has 0 bridgehead atoms. The minimum Gasteiger partial charge on any atom is -0.368 e. The normalized spacial score (nSPS) is 12.1. The van der Waals surface area contributed by atoms with E-state index in [0.29, 0.717) is 0 Å². The lowest BCUT2D eigenvalue weighted by atomic mass is 10.3. The van der Waals surface area contributed by atoms with Gasteiger partial charge < -0.3 is 5.73 Å². The first-order valence-corrected chi connectivity index (χ1v) is 4.02. The van der Waals surface area contributed by atoms with Crippen LogP contribution in [0.3, 0.4) is 0 Å². The molecule has 1 heterocycles. The van der Waals surface area contributed by atoms with E-state index in [1.54, 1.807) is 0 Å². The van der Waals surface area contributed by atoms with Crippen LogP contribution >= 0.6 is 12.4 Å². The van der Waals surface area contributed by atoms with Gasteiger partial charge in [-0.25, -0.2) is 0 Å². The van der Waals surface area contributed by atoms with Crippen molar-refractivity contribution in [3.8, 4) is 0 Å². The molecule has 104 valence electrons. The predicted molar refractivity (Wildman–Crippen MR) is 48.7 cm³/mol. The number of primary amides is 1. The van der Waals surface area contributed by atoms with Crippen LogP contribution in [-0.4, -0.2) is 15.7 Å². The molecule has 1 aromatic rings. The molecular weight excluding hydrogens is 292 g/mol. The number of alkyl halides is 6. The standard InChI is InChI=1S/C7H5F6N3O.ClH/c8-6(9,10)3-1-4(7(11,12)13)16(15-3)2-5(14)17;/h1H,2H2,(H2,14,17);1H. The third-order valence-corrected chi connectivity index (χ3v) is 1.67. The van der Waals surface area contributed by atoms with Crippen molar-refractivity contribution < 1.29 is 31.1 Å². The van der Waals surface area contributed by atoms with E-state index in [0.717, 1.165) is 0 Å². The summed E-state index contributed by atoms with van der Waals surface area (Å²) < 4.78 is 73.3. The number of carbonyl (C=O) groups excluding carboxylic acids is 1. The summed E-state index contributed by atoms with van der Waals surface area (Å²) in [5, 5.41) is 2.66. The molecule has 1 rings (SSSR count). The van der Waals surface area contributed by atoms with Crippen LogP contribution in [0.5, 0.6) is 0 Å². The maximum absolute atomic E-state index is 12.3. The van der Waals surface area contributed by atoms with Crippen LogP contribution in [-0.2, 0) is 23.7 Å². The number of aromatic nitrogens is 2. The van der Waals surface area contributed by atoms with E-state index in [9.17, 15) is 31.1 Å². The van der Waals surface area contributed by atoms with Crippen LogP contribution in [0.4, 0.5) is 26.3 Å². The molecule has 1 aromatic heterocycles. The zero-order valence-corrected chi connectivity index (χ0v) is 9.16. The van der Waals surface area contributed by atoms with Gasteiger partial charge in [0.05, 0.1) is 0 Å². The summed E-state index contributed by atoms with van der Waals surface area (Å²) in [5.41, 5.74) is 1.20. The van der Waals surface area contributed by atoms with Gasteiger partial charge in [-0.3, -0.25) is 9.48 Å². The summed E-state index contributed by atoms with van der Waals surface area (Å²) in [6.07, 6.45) is -10.1. The number of halogens is 7. The largest absolute Gasteiger partial charge is 0.435 e. The van der Waals surface area contributed by atoms with E-state index < -0.39 is 36.2 Å². The number of amides is 1. The van der Waals surface area contributed by atoms with E-state index in [1.807, 2.05) is 0 Å². The van der Waals surface area contributed by atoms with E-state index >= 15 is 0 Å². The van der Waals surface area contributed by atoms with Crippen molar-refractivity contribution in [2.45, 2.75) is 18.9 Å². The first kappa shape index (κ1) is 16.6. The molecule has 0 aliphatic carbocycles.